The zero-order valence-electron chi connectivity index (χ0n) is 7.32. The fraction of sp³-hybridized carbons (Fsp3) is 0.500. The number of nitrogens with zero attached hydrogens (tertiary/aromatic N) is 2. The molecule has 1 heterocycles. The molecule has 0 aromatic carbocycles. The van der Waals surface area contributed by atoms with Crippen molar-refractivity contribution in [3.05, 3.63) is 18.7 Å². The van der Waals surface area contributed by atoms with Crippen molar-refractivity contribution in [1.29, 1.82) is 0 Å². The van der Waals surface area contributed by atoms with Gasteiger partial charge in [0.15, 0.2) is 0 Å². The molecule has 13 heavy (non-hydrogen) atoms. The summed E-state index contributed by atoms with van der Waals surface area (Å²) in [6.07, 6.45) is 6.72. The predicted octanol–water partition coefficient (Wildman–Crippen LogP) is 1.23. The van der Waals surface area contributed by atoms with Gasteiger partial charge < -0.3 is 0 Å². The van der Waals surface area contributed by atoms with Crippen LogP contribution in [0, 0.1) is 0 Å². The van der Waals surface area contributed by atoms with Crippen LogP contribution in [0.2, 0.25) is 6.92 Å². The summed E-state index contributed by atoms with van der Waals surface area (Å²) in [7, 11) is 1.95. The fourth-order valence-corrected chi connectivity index (χ4v) is 2.36. The van der Waals surface area contributed by atoms with E-state index in [1.165, 1.54) is 0 Å². The van der Waals surface area contributed by atoms with E-state index in [9.17, 15) is 8.78 Å². The summed E-state index contributed by atoms with van der Waals surface area (Å²) in [5.41, 5.74) is 0. The molecular formula is C8H12CfF2N2+. The van der Waals surface area contributed by atoms with Crippen LogP contribution in [0.1, 0.15) is 6.42 Å². The number of hydrogen-bond donors (Lipinski definition) is 0. The second-order valence-corrected chi connectivity index (χ2v) is 5.87. The van der Waals surface area contributed by atoms with E-state index in [1.807, 2.05) is 34.9 Å². The van der Waals surface area contributed by atoms with Gasteiger partial charge in [0.2, 0.25) is 0 Å². The molecule has 0 saturated carbocycles. The van der Waals surface area contributed by atoms with Crippen LogP contribution >= 0.6 is 0 Å². The van der Waals surface area contributed by atoms with Gasteiger partial charge in [-0.15, -0.1) is 0 Å². The zero-order valence-corrected chi connectivity index (χ0v) is 9.95. The number of hydrogen-bond acceptors (Lipinski definition) is 0. The van der Waals surface area contributed by atoms with Crippen molar-refractivity contribution in [3.63, 3.8) is 0 Å². The Bertz CT molecular complexity index is 292. The number of aromatic nitrogens is 2. The molecule has 1 aromatic heterocycles. The van der Waals surface area contributed by atoms with Gasteiger partial charge in [-0.2, -0.15) is 0 Å². The van der Waals surface area contributed by atoms with Crippen LogP contribution < -0.4 is 4.57 Å². The van der Waals surface area contributed by atoms with Crippen LogP contribution in [-0.4, -0.2) is 11.5 Å². The van der Waals surface area contributed by atoms with Crippen LogP contribution in [-0.2, 0) is 13.6 Å². The van der Waals surface area contributed by atoms with E-state index >= 15 is 0 Å². The monoisotopic (exact) mass is 423 g/mol. The number of halogens is 2. The third kappa shape index (κ3) is 3.22. The summed E-state index contributed by atoms with van der Waals surface area (Å²) in [6, 6.07) is 0. The minimum atomic E-state index is -1.31. The van der Waals surface area contributed by atoms with Gasteiger partial charge in [0.05, 0.1) is 0 Å². The average molecular weight is 425 g/mol. The van der Waals surface area contributed by atoms with Crippen molar-refractivity contribution >= 4 is 6.93 Å². The summed E-state index contributed by atoms with van der Waals surface area (Å²) >= 11 is 0. The van der Waals surface area contributed by atoms with Crippen molar-refractivity contribution < 1.29 is 13.3 Å². The molecule has 0 radical (unpaired) electrons. The van der Waals surface area contributed by atoms with Gasteiger partial charge in [-0.3, -0.25) is 0 Å². The standard InChI is InChI=1S/C7H12N2.CF2.Cf/c1-3-4-9-6-5-8(2)7-9;2-1-3;/h5-7H,1,3-4H2,2H3;;/q+1;;. The molecular weight excluding hydrogens is 413 g/mol. The maximum atomic E-state index is 11.7. The third-order valence-electron chi connectivity index (χ3n) is 1.52. The summed E-state index contributed by atoms with van der Waals surface area (Å²) in [6.45, 7) is 0.246. The van der Waals surface area contributed by atoms with E-state index in [-0.39, 0.29) is 0 Å². The molecule has 1 aromatic rings. The van der Waals surface area contributed by atoms with Gasteiger partial charge in [0, 0.05) is 0 Å². The van der Waals surface area contributed by atoms with Crippen LogP contribution in [0.15, 0.2) is 18.7 Å². The van der Waals surface area contributed by atoms with Crippen molar-refractivity contribution in [3.8, 4) is 0 Å². The molecule has 0 amide bonds. The van der Waals surface area contributed by atoms with Crippen molar-refractivity contribution in [2.75, 3.05) is 0 Å². The Labute approximate surface area is 71.4 Å². The normalized spacial score (nSPS) is 9.77. The molecule has 0 saturated heterocycles. The average Bonchev–Trinajstić information content (AvgIpc) is 2.45. The van der Waals surface area contributed by atoms with E-state index in [0.29, 0.717) is 6.92 Å². The van der Waals surface area contributed by atoms with Crippen molar-refractivity contribution in [2.45, 2.75) is 19.9 Å². The van der Waals surface area contributed by atoms with E-state index < -0.39 is 6.93 Å². The molecule has 0 aliphatic carbocycles. The van der Waals surface area contributed by atoms with Gasteiger partial charge in [-0.1, -0.05) is 0 Å². The van der Waals surface area contributed by atoms with Gasteiger partial charge in [0.25, 0.3) is 0 Å². The van der Waals surface area contributed by atoms with Gasteiger partial charge >= 0.3 is 70.5 Å². The summed E-state index contributed by atoms with van der Waals surface area (Å²) in [5, 5.41) is 0. The van der Waals surface area contributed by atoms with Gasteiger partial charge in [-0.25, -0.2) is 0 Å². The molecule has 77 valence electrons. The van der Waals surface area contributed by atoms with E-state index in [4.69, 9.17) is 0 Å². The van der Waals surface area contributed by atoms with Crippen LogP contribution in [0.25, 0.3) is 0 Å². The van der Waals surface area contributed by atoms with E-state index in [1.54, 1.807) is 0 Å². The Morgan fingerprint density at radius 3 is 2.85 bits per heavy atom. The van der Waals surface area contributed by atoms with E-state index in [0.717, 1.165) is 13.0 Å². The first kappa shape index (κ1) is 9.03. The Balaban J connectivity index is 2.24. The molecule has 5 heteroatoms. The SMILES string of the molecule is C[n+]1ccn(CC[CH2][Cf]=[C](F)F)c1. The molecule has 1 rings (SSSR count). The molecule has 0 atom stereocenters. The maximum absolute atomic E-state index is 11.7. The second-order valence-electron chi connectivity index (χ2n) is 2.63. The molecule has 0 spiro atoms. The molecule has 0 N–H and O–H groups in total. The third-order valence-corrected chi connectivity index (χ3v) is 3.81. The van der Waals surface area contributed by atoms with Crippen LogP contribution in [0.3, 0.4) is 0 Å². The van der Waals surface area contributed by atoms with Crippen LogP contribution in [0.5, 0.6) is 0 Å². The molecule has 0 bridgehead atoms. The van der Waals surface area contributed by atoms with Crippen molar-refractivity contribution in [2.24, 2.45) is 7.05 Å². The Morgan fingerprint density at radius 2 is 2.31 bits per heavy atom. The topological polar surface area (TPSA) is 8.81 Å². The minimum absolute atomic E-state index is 0.708. The first-order valence-corrected chi connectivity index (χ1v) is 7.07. The molecule has 0 fully saturated rings. The first-order valence-electron chi connectivity index (χ1n) is 3.89. The Kier molecular flexibility index (Phi) is 2.84. The van der Waals surface area contributed by atoms with Crippen molar-refractivity contribution in [1.82, 2.24) is 4.57 Å². The van der Waals surface area contributed by atoms with Gasteiger partial charge in [-0.05, 0) is 0 Å². The Morgan fingerprint density at radius 1 is 1.54 bits per heavy atom. The van der Waals surface area contributed by atoms with E-state index in [2.05, 4.69) is 0 Å². The quantitative estimate of drug-likeness (QED) is 0.507. The predicted molar refractivity (Wildman–Crippen MR) is 42.3 cm³/mol. The zero-order chi connectivity index (χ0) is 9.68. The number of aryl methyl sites for hydroxylation is 2. The number of rotatable bonds is 4. The van der Waals surface area contributed by atoms with Crippen LogP contribution in [0.4, 0.5) is 8.78 Å². The fourth-order valence-electron chi connectivity index (χ4n) is 0.982. The summed E-state index contributed by atoms with van der Waals surface area (Å²) < 4.78 is 26.2. The molecule has 0 aliphatic heterocycles. The first-order chi connectivity index (χ1) is 6.18. The van der Waals surface area contributed by atoms with Gasteiger partial charge in [0.1, 0.15) is 0 Å². The molecule has 0 aliphatic rings. The molecule has 0 unspecified atom stereocenters. The Hall–Kier alpha value is -2.06. The molecule has 2 nitrogen and oxygen atoms in total. The summed E-state index contributed by atoms with van der Waals surface area (Å²) in [4.78, 5) is 0. The second kappa shape index (κ2) is 4.09. The summed E-state index contributed by atoms with van der Waals surface area (Å²) in [5.74, 6) is 0. The number of imidazole rings is 1.